The van der Waals surface area contributed by atoms with E-state index in [1.54, 1.807) is 7.11 Å². The fourth-order valence-electron chi connectivity index (χ4n) is 6.06. The topological polar surface area (TPSA) is 46.9 Å². The van der Waals surface area contributed by atoms with E-state index in [0.717, 1.165) is 89.1 Å². The summed E-state index contributed by atoms with van der Waals surface area (Å²) in [7, 11) is 1.77. The van der Waals surface area contributed by atoms with Gasteiger partial charge < -0.3 is 18.9 Å². The number of methoxy groups -OCH3 is 1. The molecule has 0 unspecified atom stereocenters. The monoisotopic (exact) mass is 467 g/mol. The van der Waals surface area contributed by atoms with E-state index in [9.17, 15) is 4.79 Å². The molecule has 0 radical (unpaired) electrons. The number of carbonyl (C=O) groups is 1. The van der Waals surface area contributed by atoms with Crippen molar-refractivity contribution in [2.75, 3.05) is 53.1 Å². The Kier molecular flexibility index (Phi) is 7.57. The van der Waals surface area contributed by atoms with Crippen LogP contribution in [-0.2, 0) is 29.0 Å². The number of fused-ring (bicyclic) bond motifs is 3. The fraction of sp³-hybridized carbons (Fsp3) is 0.679. The van der Waals surface area contributed by atoms with E-state index in [4.69, 9.17) is 9.47 Å². The Hall–Kier alpha value is -1.89. The number of hydrogen-bond acceptors (Lipinski definition) is 4. The van der Waals surface area contributed by atoms with Gasteiger partial charge in [0.25, 0.3) is 5.91 Å². The molecule has 0 bridgehead atoms. The predicted molar refractivity (Wildman–Crippen MR) is 135 cm³/mol. The largest absolute Gasteiger partial charge is 0.383 e. The maximum atomic E-state index is 13.3. The molecule has 0 saturated carbocycles. The highest BCUT2D eigenvalue weighted by Crippen LogP contribution is 2.33. The zero-order valence-electron chi connectivity index (χ0n) is 21.1. The van der Waals surface area contributed by atoms with Gasteiger partial charge in [0.15, 0.2) is 0 Å². The molecule has 2 fully saturated rings. The summed E-state index contributed by atoms with van der Waals surface area (Å²) in [5.41, 5.74) is 4.95. The zero-order chi connectivity index (χ0) is 23.5. The third-order valence-corrected chi connectivity index (χ3v) is 8.36. The molecule has 34 heavy (non-hydrogen) atoms. The second kappa shape index (κ2) is 10.8. The van der Waals surface area contributed by atoms with Crippen molar-refractivity contribution in [2.45, 2.75) is 58.5 Å². The molecule has 1 amide bonds. The van der Waals surface area contributed by atoms with Gasteiger partial charge in [-0.15, -0.1) is 0 Å². The highest BCUT2D eigenvalue weighted by Gasteiger charge is 2.27. The van der Waals surface area contributed by atoms with Crippen LogP contribution in [0.25, 0.3) is 10.9 Å². The number of benzene rings is 1. The van der Waals surface area contributed by atoms with E-state index >= 15 is 0 Å². The summed E-state index contributed by atoms with van der Waals surface area (Å²) >= 11 is 0. The molecule has 6 nitrogen and oxygen atoms in total. The van der Waals surface area contributed by atoms with Crippen molar-refractivity contribution in [1.82, 2.24) is 14.4 Å². The number of amides is 1. The quantitative estimate of drug-likeness (QED) is 0.608. The Morgan fingerprint density at radius 2 is 1.88 bits per heavy atom. The number of rotatable bonds is 7. The molecule has 4 heterocycles. The van der Waals surface area contributed by atoms with E-state index in [0.29, 0.717) is 6.61 Å². The molecule has 5 rings (SSSR count). The first-order valence-electron chi connectivity index (χ1n) is 13.4. The SMILES string of the molecule is COCCn1c2c(c3cc(C(=O)N4CCC(C)CC4)ccc31)CN(CCC1CCOCC1)CC2. The summed E-state index contributed by atoms with van der Waals surface area (Å²) in [4.78, 5) is 18.0. The Bertz CT molecular complexity index is 986. The van der Waals surface area contributed by atoms with Gasteiger partial charge in [0.05, 0.1) is 6.61 Å². The Labute approximate surface area is 204 Å². The molecule has 0 atom stereocenters. The Balaban J connectivity index is 1.38. The molecular formula is C28H41N3O3. The third-order valence-electron chi connectivity index (χ3n) is 8.36. The van der Waals surface area contributed by atoms with Gasteiger partial charge in [-0.2, -0.15) is 0 Å². The van der Waals surface area contributed by atoms with Crippen LogP contribution in [0.2, 0.25) is 0 Å². The van der Waals surface area contributed by atoms with Crippen LogP contribution in [0.5, 0.6) is 0 Å². The lowest BCUT2D eigenvalue weighted by Gasteiger charge is -2.31. The van der Waals surface area contributed by atoms with Crippen LogP contribution in [0.15, 0.2) is 18.2 Å². The third kappa shape index (κ3) is 5.05. The number of likely N-dealkylation sites (tertiary alicyclic amines) is 1. The van der Waals surface area contributed by atoms with E-state index < -0.39 is 0 Å². The average Bonchev–Trinajstić information content (AvgIpc) is 3.19. The van der Waals surface area contributed by atoms with E-state index in [2.05, 4.69) is 33.4 Å². The minimum absolute atomic E-state index is 0.194. The van der Waals surface area contributed by atoms with Crippen molar-refractivity contribution < 1.29 is 14.3 Å². The van der Waals surface area contributed by atoms with Crippen molar-refractivity contribution in [3.63, 3.8) is 0 Å². The first kappa shape index (κ1) is 23.8. The Morgan fingerprint density at radius 1 is 1.09 bits per heavy atom. The second-order valence-electron chi connectivity index (χ2n) is 10.6. The van der Waals surface area contributed by atoms with Crippen LogP contribution in [-0.4, -0.2) is 73.4 Å². The molecule has 1 aromatic heterocycles. The van der Waals surface area contributed by atoms with E-state index in [-0.39, 0.29) is 5.91 Å². The lowest BCUT2D eigenvalue weighted by molar-refractivity contribution is 0.0594. The summed E-state index contributed by atoms with van der Waals surface area (Å²) in [5, 5.41) is 1.26. The minimum atomic E-state index is 0.194. The van der Waals surface area contributed by atoms with Gasteiger partial charge >= 0.3 is 0 Å². The van der Waals surface area contributed by atoms with Gasteiger partial charge in [-0.3, -0.25) is 9.69 Å². The van der Waals surface area contributed by atoms with Crippen molar-refractivity contribution in [1.29, 1.82) is 0 Å². The molecule has 0 N–H and O–H groups in total. The summed E-state index contributed by atoms with van der Waals surface area (Å²) < 4.78 is 13.4. The number of hydrogen-bond donors (Lipinski definition) is 0. The smallest absolute Gasteiger partial charge is 0.253 e. The number of piperidine rings is 1. The lowest BCUT2D eigenvalue weighted by atomic mass is 9.95. The molecule has 0 spiro atoms. The lowest BCUT2D eigenvalue weighted by Crippen LogP contribution is -2.37. The van der Waals surface area contributed by atoms with Crippen LogP contribution in [0.3, 0.4) is 0 Å². The van der Waals surface area contributed by atoms with E-state index in [1.165, 1.54) is 41.4 Å². The standard InChI is InChI=1S/C28H41N3O3/c1-21-5-13-30(14-6-21)28(32)23-3-4-26-24(19-23)25-20-29(11-7-22-9-16-34-17-10-22)12-8-27(25)31(26)15-18-33-2/h3-4,19,21-22H,5-18,20H2,1-2H3. The van der Waals surface area contributed by atoms with Gasteiger partial charge in [-0.1, -0.05) is 6.92 Å². The summed E-state index contributed by atoms with van der Waals surface area (Å²) in [6.07, 6.45) is 6.96. The van der Waals surface area contributed by atoms with Crippen LogP contribution < -0.4 is 0 Å². The van der Waals surface area contributed by atoms with Gasteiger partial charge in [0, 0.05) is 81.6 Å². The van der Waals surface area contributed by atoms with Gasteiger partial charge in [0.1, 0.15) is 0 Å². The fourth-order valence-corrected chi connectivity index (χ4v) is 6.06. The van der Waals surface area contributed by atoms with Crippen LogP contribution in [0, 0.1) is 11.8 Å². The molecular weight excluding hydrogens is 426 g/mol. The first-order valence-corrected chi connectivity index (χ1v) is 13.4. The van der Waals surface area contributed by atoms with Crippen molar-refractivity contribution >= 4 is 16.8 Å². The molecule has 6 heteroatoms. The van der Waals surface area contributed by atoms with Gasteiger partial charge in [-0.05, 0) is 74.2 Å². The molecule has 3 aliphatic rings. The van der Waals surface area contributed by atoms with Crippen molar-refractivity contribution in [3.8, 4) is 0 Å². The van der Waals surface area contributed by atoms with Crippen LogP contribution >= 0.6 is 0 Å². The highest BCUT2D eigenvalue weighted by atomic mass is 16.5. The molecule has 2 saturated heterocycles. The van der Waals surface area contributed by atoms with Crippen LogP contribution in [0.1, 0.15) is 60.6 Å². The normalized spacial score (nSPS) is 20.7. The molecule has 1 aromatic carbocycles. The van der Waals surface area contributed by atoms with Crippen molar-refractivity contribution in [3.05, 3.63) is 35.0 Å². The number of ether oxygens (including phenoxy) is 2. The van der Waals surface area contributed by atoms with E-state index in [1.807, 2.05) is 6.07 Å². The zero-order valence-corrected chi connectivity index (χ0v) is 21.1. The highest BCUT2D eigenvalue weighted by molar-refractivity contribution is 5.99. The number of aromatic nitrogens is 1. The van der Waals surface area contributed by atoms with Crippen LogP contribution in [0.4, 0.5) is 0 Å². The molecule has 2 aromatic rings. The molecule has 3 aliphatic heterocycles. The summed E-state index contributed by atoms with van der Waals surface area (Å²) in [5.74, 6) is 1.72. The second-order valence-corrected chi connectivity index (χ2v) is 10.6. The van der Waals surface area contributed by atoms with Gasteiger partial charge in [-0.25, -0.2) is 0 Å². The Morgan fingerprint density at radius 3 is 2.65 bits per heavy atom. The minimum Gasteiger partial charge on any atom is -0.383 e. The van der Waals surface area contributed by atoms with Crippen molar-refractivity contribution in [2.24, 2.45) is 11.8 Å². The molecule has 186 valence electrons. The van der Waals surface area contributed by atoms with Gasteiger partial charge in [0.2, 0.25) is 0 Å². The maximum Gasteiger partial charge on any atom is 0.253 e. The maximum absolute atomic E-state index is 13.3. The predicted octanol–water partition coefficient (Wildman–Crippen LogP) is 4.33. The number of nitrogens with zero attached hydrogens (tertiary/aromatic N) is 3. The average molecular weight is 468 g/mol. The first-order chi connectivity index (χ1) is 16.6. The summed E-state index contributed by atoms with van der Waals surface area (Å²) in [6.45, 7) is 10.7. The number of carbonyl (C=O) groups excluding carboxylic acids is 1. The molecule has 0 aliphatic carbocycles. The summed E-state index contributed by atoms with van der Waals surface area (Å²) in [6, 6.07) is 6.40.